The standard InChI is InChI=1S/C16H19N3S/c1-4-12(3)19-13(10-17)9-15(18)16(19)20-14-7-5-11(2)6-8-14/h5-9,12H,4,18H2,1-3H3/t12-/m0/s1. The molecule has 2 rings (SSSR count). The molecule has 0 saturated heterocycles. The van der Waals surface area contributed by atoms with E-state index >= 15 is 0 Å². The van der Waals surface area contributed by atoms with Gasteiger partial charge >= 0.3 is 0 Å². The van der Waals surface area contributed by atoms with Crippen molar-refractivity contribution in [1.29, 1.82) is 5.26 Å². The molecule has 0 saturated carbocycles. The molecule has 0 radical (unpaired) electrons. The van der Waals surface area contributed by atoms with Gasteiger partial charge in [0.1, 0.15) is 16.8 Å². The van der Waals surface area contributed by atoms with Crippen LogP contribution in [0.15, 0.2) is 40.3 Å². The lowest BCUT2D eigenvalue weighted by molar-refractivity contribution is 0.497. The Labute approximate surface area is 124 Å². The van der Waals surface area contributed by atoms with Crippen molar-refractivity contribution in [3.63, 3.8) is 0 Å². The molecule has 0 aliphatic carbocycles. The van der Waals surface area contributed by atoms with Gasteiger partial charge in [-0.3, -0.25) is 0 Å². The van der Waals surface area contributed by atoms with Gasteiger partial charge in [0.2, 0.25) is 0 Å². The molecular weight excluding hydrogens is 266 g/mol. The molecular formula is C16H19N3S. The number of benzene rings is 1. The third kappa shape index (κ3) is 2.83. The topological polar surface area (TPSA) is 54.7 Å². The summed E-state index contributed by atoms with van der Waals surface area (Å²) in [5, 5.41) is 10.2. The molecule has 104 valence electrons. The van der Waals surface area contributed by atoms with Crippen molar-refractivity contribution in [1.82, 2.24) is 4.57 Å². The molecule has 0 aliphatic rings. The first kappa shape index (κ1) is 14.5. The third-order valence-electron chi connectivity index (χ3n) is 3.40. The number of nitrogens with two attached hydrogens (primary N) is 1. The Hall–Kier alpha value is -1.86. The number of hydrogen-bond donors (Lipinski definition) is 1. The summed E-state index contributed by atoms with van der Waals surface area (Å²) in [5.74, 6) is 0. The molecule has 4 heteroatoms. The number of aryl methyl sites for hydroxylation is 1. The molecule has 1 aromatic heterocycles. The average molecular weight is 285 g/mol. The maximum absolute atomic E-state index is 9.27. The summed E-state index contributed by atoms with van der Waals surface area (Å²) in [6.45, 7) is 6.29. The van der Waals surface area contributed by atoms with Gasteiger partial charge in [-0.05, 0) is 38.5 Å². The number of rotatable bonds is 4. The molecule has 0 bridgehead atoms. The SMILES string of the molecule is CC[C@H](C)n1c(C#N)cc(N)c1Sc1ccc(C)cc1. The molecule has 1 atom stereocenters. The molecule has 0 fully saturated rings. The van der Waals surface area contributed by atoms with Crippen molar-refractivity contribution in [3.05, 3.63) is 41.6 Å². The van der Waals surface area contributed by atoms with Gasteiger partial charge in [0.25, 0.3) is 0 Å². The van der Waals surface area contributed by atoms with E-state index in [1.165, 1.54) is 5.56 Å². The summed E-state index contributed by atoms with van der Waals surface area (Å²) in [5.41, 5.74) is 8.63. The summed E-state index contributed by atoms with van der Waals surface area (Å²) in [7, 11) is 0. The first-order valence-corrected chi connectivity index (χ1v) is 7.53. The zero-order valence-electron chi connectivity index (χ0n) is 12.1. The first-order chi connectivity index (χ1) is 9.56. The van der Waals surface area contributed by atoms with Gasteiger partial charge in [-0.2, -0.15) is 5.26 Å². The van der Waals surface area contributed by atoms with Gasteiger partial charge < -0.3 is 10.3 Å². The molecule has 0 aliphatic heterocycles. The minimum absolute atomic E-state index is 0.259. The number of hydrogen-bond acceptors (Lipinski definition) is 3. The Morgan fingerprint density at radius 1 is 1.35 bits per heavy atom. The predicted octanol–water partition coefficient (Wildman–Crippen LogP) is 4.37. The third-order valence-corrected chi connectivity index (χ3v) is 4.53. The Kier molecular flexibility index (Phi) is 4.41. The highest BCUT2D eigenvalue weighted by Gasteiger charge is 2.17. The Bertz CT molecular complexity index is 635. The smallest absolute Gasteiger partial charge is 0.123 e. The molecule has 0 unspecified atom stereocenters. The predicted molar refractivity (Wildman–Crippen MR) is 83.9 cm³/mol. The van der Waals surface area contributed by atoms with E-state index in [0.29, 0.717) is 11.4 Å². The lowest BCUT2D eigenvalue weighted by Gasteiger charge is -2.17. The fraction of sp³-hybridized carbons (Fsp3) is 0.312. The quantitative estimate of drug-likeness (QED) is 0.907. The van der Waals surface area contributed by atoms with Gasteiger partial charge in [0, 0.05) is 10.9 Å². The molecule has 0 amide bonds. The van der Waals surface area contributed by atoms with E-state index in [4.69, 9.17) is 5.73 Å². The molecule has 20 heavy (non-hydrogen) atoms. The highest BCUT2D eigenvalue weighted by atomic mass is 32.2. The van der Waals surface area contributed by atoms with Crippen molar-refractivity contribution < 1.29 is 0 Å². The molecule has 1 heterocycles. The van der Waals surface area contributed by atoms with Crippen LogP contribution in [-0.4, -0.2) is 4.57 Å². The number of anilines is 1. The molecule has 1 aromatic carbocycles. The Morgan fingerprint density at radius 2 is 2.00 bits per heavy atom. The summed E-state index contributed by atoms with van der Waals surface area (Å²) in [4.78, 5) is 1.13. The number of nitrogen functional groups attached to an aromatic ring is 1. The summed E-state index contributed by atoms with van der Waals surface area (Å²) in [6.07, 6.45) is 0.963. The number of aromatic nitrogens is 1. The molecule has 0 spiro atoms. The van der Waals surface area contributed by atoms with Gasteiger partial charge in [-0.25, -0.2) is 0 Å². The van der Waals surface area contributed by atoms with E-state index in [1.54, 1.807) is 17.8 Å². The van der Waals surface area contributed by atoms with Crippen LogP contribution in [0.4, 0.5) is 5.69 Å². The number of nitrogens with zero attached hydrogens (tertiary/aromatic N) is 2. The zero-order chi connectivity index (χ0) is 14.7. The second-order valence-corrected chi connectivity index (χ2v) is 6.01. The average Bonchev–Trinajstić information content (AvgIpc) is 2.77. The zero-order valence-corrected chi connectivity index (χ0v) is 12.9. The van der Waals surface area contributed by atoms with E-state index < -0.39 is 0 Å². The van der Waals surface area contributed by atoms with Gasteiger partial charge in [-0.1, -0.05) is 36.4 Å². The minimum atomic E-state index is 0.259. The van der Waals surface area contributed by atoms with Crippen LogP contribution in [0.2, 0.25) is 0 Å². The van der Waals surface area contributed by atoms with Crippen LogP contribution in [0, 0.1) is 18.3 Å². The largest absolute Gasteiger partial charge is 0.397 e. The normalized spacial score (nSPS) is 12.1. The van der Waals surface area contributed by atoms with E-state index in [9.17, 15) is 5.26 Å². The maximum atomic E-state index is 9.27. The molecule has 2 N–H and O–H groups in total. The fourth-order valence-electron chi connectivity index (χ4n) is 2.06. The Balaban J connectivity index is 2.43. The van der Waals surface area contributed by atoms with Crippen LogP contribution in [0.25, 0.3) is 0 Å². The van der Waals surface area contributed by atoms with E-state index in [0.717, 1.165) is 16.3 Å². The van der Waals surface area contributed by atoms with Gasteiger partial charge in [0.05, 0.1) is 5.69 Å². The van der Waals surface area contributed by atoms with Crippen molar-refractivity contribution >= 4 is 17.4 Å². The van der Waals surface area contributed by atoms with Crippen LogP contribution < -0.4 is 5.73 Å². The van der Waals surface area contributed by atoms with E-state index in [2.05, 4.69) is 51.1 Å². The second-order valence-electron chi connectivity index (χ2n) is 4.94. The molecule has 2 aromatic rings. The monoisotopic (exact) mass is 285 g/mol. The van der Waals surface area contributed by atoms with Crippen LogP contribution in [-0.2, 0) is 0 Å². The van der Waals surface area contributed by atoms with Crippen molar-refractivity contribution in [2.75, 3.05) is 5.73 Å². The van der Waals surface area contributed by atoms with Crippen molar-refractivity contribution in [2.45, 2.75) is 43.2 Å². The highest BCUT2D eigenvalue weighted by Crippen LogP contribution is 2.37. The summed E-state index contributed by atoms with van der Waals surface area (Å²) < 4.78 is 2.04. The van der Waals surface area contributed by atoms with Crippen LogP contribution >= 0.6 is 11.8 Å². The molecule has 3 nitrogen and oxygen atoms in total. The second kappa shape index (κ2) is 6.06. The maximum Gasteiger partial charge on any atom is 0.123 e. The lowest BCUT2D eigenvalue weighted by Crippen LogP contribution is -2.07. The fourth-order valence-corrected chi connectivity index (χ4v) is 3.11. The lowest BCUT2D eigenvalue weighted by atomic mass is 10.2. The van der Waals surface area contributed by atoms with E-state index in [-0.39, 0.29) is 6.04 Å². The van der Waals surface area contributed by atoms with Crippen LogP contribution in [0.5, 0.6) is 0 Å². The van der Waals surface area contributed by atoms with Gasteiger partial charge in [0.15, 0.2) is 0 Å². The first-order valence-electron chi connectivity index (χ1n) is 6.72. The van der Waals surface area contributed by atoms with Crippen LogP contribution in [0.3, 0.4) is 0 Å². The summed E-state index contributed by atoms with van der Waals surface area (Å²) >= 11 is 1.62. The van der Waals surface area contributed by atoms with Crippen LogP contribution in [0.1, 0.15) is 37.6 Å². The van der Waals surface area contributed by atoms with E-state index in [1.807, 2.05) is 4.57 Å². The number of nitriles is 1. The highest BCUT2D eigenvalue weighted by molar-refractivity contribution is 7.99. The summed E-state index contributed by atoms with van der Waals surface area (Å²) in [6, 6.07) is 12.6. The Morgan fingerprint density at radius 3 is 2.55 bits per heavy atom. The van der Waals surface area contributed by atoms with Gasteiger partial charge in [-0.15, -0.1) is 0 Å². The van der Waals surface area contributed by atoms with Crippen molar-refractivity contribution in [2.24, 2.45) is 0 Å². The van der Waals surface area contributed by atoms with Crippen molar-refractivity contribution in [3.8, 4) is 6.07 Å². The minimum Gasteiger partial charge on any atom is -0.397 e.